The topological polar surface area (TPSA) is 35.2 Å². The maximum atomic E-state index is 5.78. The van der Waals surface area contributed by atoms with Crippen molar-refractivity contribution >= 4 is 0 Å². The molecule has 76 valence electrons. The standard InChI is InChI=1S/C12H17NO/c1-4-7-14-12-6-5-11(10(3)13)8-9(12)2/h4-6,8,10H,1,7,13H2,2-3H3. The smallest absolute Gasteiger partial charge is 0.122 e. The highest BCUT2D eigenvalue weighted by atomic mass is 16.5. The van der Waals surface area contributed by atoms with Crippen molar-refractivity contribution < 1.29 is 4.74 Å². The summed E-state index contributed by atoms with van der Waals surface area (Å²) < 4.78 is 5.46. The van der Waals surface area contributed by atoms with E-state index >= 15 is 0 Å². The Labute approximate surface area is 85.4 Å². The molecule has 0 spiro atoms. The quantitative estimate of drug-likeness (QED) is 0.742. The molecule has 2 nitrogen and oxygen atoms in total. The molecule has 0 aromatic heterocycles. The third kappa shape index (κ3) is 2.60. The highest BCUT2D eigenvalue weighted by molar-refractivity contribution is 5.37. The molecule has 1 atom stereocenters. The van der Waals surface area contributed by atoms with Gasteiger partial charge in [-0.3, -0.25) is 0 Å². The maximum Gasteiger partial charge on any atom is 0.122 e. The molecular formula is C12H17NO. The summed E-state index contributed by atoms with van der Waals surface area (Å²) in [5.41, 5.74) is 8.02. The van der Waals surface area contributed by atoms with Crippen LogP contribution < -0.4 is 10.5 Å². The average Bonchev–Trinajstić information content (AvgIpc) is 2.15. The molecule has 1 aromatic carbocycles. The Bertz CT molecular complexity index is 318. The van der Waals surface area contributed by atoms with Gasteiger partial charge in [-0.15, -0.1) is 0 Å². The van der Waals surface area contributed by atoms with Crippen molar-refractivity contribution in [3.05, 3.63) is 42.0 Å². The summed E-state index contributed by atoms with van der Waals surface area (Å²) in [7, 11) is 0. The molecule has 0 saturated carbocycles. The van der Waals surface area contributed by atoms with Gasteiger partial charge in [-0.25, -0.2) is 0 Å². The van der Waals surface area contributed by atoms with E-state index in [0.717, 1.165) is 16.9 Å². The minimum Gasteiger partial charge on any atom is -0.489 e. The number of ether oxygens (including phenoxy) is 1. The fourth-order valence-electron chi connectivity index (χ4n) is 1.27. The monoisotopic (exact) mass is 191 g/mol. The van der Waals surface area contributed by atoms with Gasteiger partial charge in [-0.2, -0.15) is 0 Å². The van der Waals surface area contributed by atoms with E-state index in [9.17, 15) is 0 Å². The van der Waals surface area contributed by atoms with Gasteiger partial charge in [0.05, 0.1) is 0 Å². The predicted molar refractivity (Wildman–Crippen MR) is 59.5 cm³/mol. The van der Waals surface area contributed by atoms with Gasteiger partial charge in [0.2, 0.25) is 0 Å². The molecule has 0 fully saturated rings. The number of benzene rings is 1. The Kier molecular flexibility index (Phi) is 3.72. The van der Waals surface area contributed by atoms with Crippen LogP contribution >= 0.6 is 0 Å². The van der Waals surface area contributed by atoms with E-state index in [1.807, 2.05) is 26.0 Å². The molecule has 1 rings (SSSR count). The number of hydrogen-bond donors (Lipinski definition) is 1. The second-order valence-electron chi connectivity index (χ2n) is 3.41. The number of rotatable bonds is 4. The third-order valence-electron chi connectivity index (χ3n) is 2.08. The van der Waals surface area contributed by atoms with Crippen LogP contribution in [0.4, 0.5) is 0 Å². The Hall–Kier alpha value is -1.28. The highest BCUT2D eigenvalue weighted by Crippen LogP contribution is 2.21. The molecule has 0 aliphatic heterocycles. The Balaban J connectivity index is 2.84. The fraction of sp³-hybridized carbons (Fsp3) is 0.333. The molecule has 0 aliphatic carbocycles. The van der Waals surface area contributed by atoms with Crippen LogP contribution in [0.25, 0.3) is 0 Å². The maximum absolute atomic E-state index is 5.78. The lowest BCUT2D eigenvalue weighted by Crippen LogP contribution is -2.05. The predicted octanol–water partition coefficient (Wildman–Crippen LogP) is 2.58. The van der Waals surface area contributed by atoms with E-state index in [1.54, 1.807) is 6.08 Å². The van der Waals surface area contributed by atoms with Crippen LogP contribution in [-0.2, 0) is 0 Å². The molecule has 1 aromatic rings. The van der Waals surface area contributed by atoms with Gasteiger partial charge in [-0.1, -0.05) is 24.8 Å². The van der Waals surface area contributed by atoms with E-state index in [1.165, 1.54) is 0 Å². The molecule has 2 heteroatoms. The van der Waals surface area contributed by atoms with Crippen molar-refractivity contribution in [1.82, 2.24) is 0 Å². The minimum atomic E-state index is 0.0714. The molecule has 0 bridgehead atoms. The number of nitrogens with two attached hydrogens (primary N) is 1. The van der Waals surface area contributed by atoms with Crippen LogP contribution in [0.2, 0.25) is 0 Å². The number of hydrogen-bond acceptors (Lipinski definition) is 2. The molecular weight excluding hydrogens is 174 g/mol. The van der Waals surface area contributed by atoms with Crippen LogP contribution in [0.15, 0.2) is 30.9 Å². The van der Waals surface area contributed by atoms with Gasteiger partial charge in [0, 0.05) is 6.04 Å². The van der Waals surface area contributed by atoms with Crippen LogP contribution in [0.3, 0.4) is 0 Å². The Morgan fingerprint density at radius 2 is 2.29 bits per heavy atom. The average molecular weight is 191 g/mol. The van der Waals surface area contributed by atoms with Gasteiger partial charge < -0.3 is 10.5 Å². The first-order valence-electron chi connectivity index (χ1n) is 4.75. The van der Waals surface area contributed by atoms with Crippen LogP contribution in [0, 0.1) is 6.92 Å². The largest absolute Gasteiger partial charge is 0.489 e. The van der Waals surface area contributed by atoms with Crippen molar-refractivity contribution in [1.29, 1.82) is 0 Å². The lowest BCUT2D eigenvalue weighted by molar-refractivity contribution is 0.360. The molecule has 1 unspecified atom stereocenters. The molecule has 14 heavy (non-hydrogen) atoms. The molecule has 0 radical (unpaired) electrons. The lowest BCUT2D eigenvalue weighted by atomic mass is 10.1. The van der Waals surface area contributed by atoms with Crippen molar-refractivity contribution in [2.75, 3.05) is 6.61 Å². The number of aryl methyl sites for hydroxylation is 1. The van der Waals surface area contributed by atoms with Gasteiger partial charge in [0.1, 0.15) is 12.4 Å². The van der Waals surface area contributed by atoms with E-state index < -0.39 is 0 Å². The highest BCUT2D eigenvalue weighted by Gasteiger charge is 2.03. The zero-order valence-electron chi connectivity index (χ0n) is 8.79. The van der Waals surface area contributed by atoms with Crippen molar-refractivity contribution in [3.63, 3.8) is 0 Å². The first kappa shape index (κ1) is 10.8. The second-order valence-corrected chi connectivity index (χ2v) is 3.41. The van der Waals surface area contributed by atoms with Gasteiger partial charge in [0.25, 0.3) is 0 Å². The van der Waals surface area contributed by atoms with Crippen molar-refractivity contribution in [2.24, 2.45) is 5.73 Å². The van der Waals surface area contributed by atoms with Crippen molar-refractivity contribution in [2.45, 2.75) is 19.9 Å². The normalized spacial score (nSPS) is 12.2. The van der Waals surface area contributed by atoms with Gasteiger partial charge in [0.15, 0.2) is 0 Å². The van der Waals surface area contributed by atoms with Crippen LogP contribution in [0.5, 0.6) is 5.75 Å². The second kappa shape index (κ2) is 4.82. The van der Waals surface area contributed by atoms with Crippen LogP contribution in [0.1, 0.15) is 24.1 Å². The lowest BCUT2D eigenvalue weighted by Gasteiger charge is -2.11. The Morgan fingerprint density at radius 1 is 1.57 bits per heavy atom. The zero-order valence-corrected chi connectivity index (χ0v) is 8.79. The van der Waals surface area contributed by atoms with E-state index in [-0.39, 0.29) is 6.04 Å². The van der Waals surface area contributed by atoms with E-state index in [0.29, 0.717) is 6.61 Å². The molecule has 0 heterocycles. The third-order valence-corrected chi connectivity index (χ3v) is 2.08. The first-order valence-corrected chi connectivity index (χ1v) is 4.75. The summed E-state index contributed by atoms with van der Waals surface area (Å²) in [6.07, 6.45) is 1.74. The summed E-state index contributed by atoms with van der Waals surface area (Å²) in [6, 6.07) is 6.08. The molecule has 2 N–H and O–H groups in total. The summed E-state index contributed by atoms with van der Waals surface area (Å²) in [5, 5.41) is 0. The minimum absolute atomic E-state index is 0.0714. The molecule has 0 aliphatic rings. The van der Waals surface area contributed by atoms with E-state index in [4.69, 9.17) is 10.5 Å². The van der Waals surface area contributed by atoms with Crippen molar-refractivity contribution in [3.8, 4) is 5.75 Å². The zero-order chi connectivity index (χ0) is 10.6. The summed E-state index contributed by atoms with van der Waals surface area (Å²) in [4.78, 5) is 0. The summed E-state index contributed by atoms with van der Waals surface area (Å²) in [5.74, 6) is 0.898. The summed E-state index contributed by atoms with van der Waals surface area (Å²) in [6.45, 7) is 8.14. The van der Waals surface area contributed by atoms with Gasteiger partial charge >= 0.3 is 0 Å². The van der Waals surface area contributed by atoms with Crippen LogP contribution in [-0.4, -0.2) is 6.61 Å². The van der Waals surface area contributed by atoms with Gasteiger partial charge in [-0.05, 0) is 31.0 Å². The van der Waals surface area contributed by atoms with E-state index in [2.05, 4.69) is 12.6 Å². The molecule has 0 saturated heterocycles. The molecule has 0 amide bonds. The Morgan fingerprint density at radius 3 is 2.79 bits per heavy atom. The first-order chi connectivity index (χ1) is 6.65. The fourth-order valence-corrected chi connectivity index (χ4v) is 1.27. The summed E-state index contributed by atoms with van der Waals surface area (Å²) >= 11 is 0. The SMILES string of the molecule is C=CCOc1ccc(C(C)N)cc1C.